The molecule has 3 amide bonds. The number of carbonyl (C=O) groups excluding carboxylic acids is 4. The largest absolute Gasteiger partial charge is 0.490 e. The van der Waals surface area contributed by atoms with Crippen LogP contribution in [0.25, 0.3) is 6.08 Å². The number of imide groups is 1. The second-order valence-corrected chi connectivity index (χ2v) is 7.12. The Bertz CT molecular complexity index is 1040. The molecule has 1 heterocycles. The fourth-order valence-corrected chi connectivity index (χ4v) is 3.48. The number of benzene rings is 2. The summed E-state index contributed by atoms with van der Waals surface area (Å²) in [6.45, 7) is 1.64. The van der Waals surface area contributed by atoms with Gasteiger partial charge in [-0.3, -0.25) is 19.3 Å². The van der Waals surface area contributed by atoms with Gasteiger partial charge in [-0.1, -0.05) is 24.3 Å². The number of ether oxygens (including phenoxy) is 2. The minimum atomic E-state index is -0.776. The quantitative estimate of drug-likeness (QED) is 0.411. The van der Waals surface area contributed by atoms with Crippen molar-refractivity contribution in [1.82, 2.24) is 4.90 Å². The molecule has 30 heavy (non-hydrogen) atoms. The normalized spacial score (nSPS) is 14.8. The maximum atomic E-state index is 12.3. The monoisotopic (exact) mass is 426 g/mol. The third kappa shape index (κ3) is 4.87. The van der Waals surface area contributed by atoms with Gasteiger partial charge in [0.15, 0.2) is 11.5 Å². The smallest absolute Gasteiger partial charge is 0.343 e. The molecule has 0 unspecified atom stereocenters. The lowest BCUT2D eigenvalue weighted by atomic mass is 10.1. The lowest BCUT2D eigenvalue weighted by Crippen LogP contribution is -2.36. The molecule has 2 aromatic rings. The Labute approximate surface area is 176 Å². The number of hydrogen-bond acceptors (Lipinski definition) is 7. The summed E-state index contributed by atoms with van der Waals surface area (Å²) in [5.74, 6) is -1.36. The number of hydrogen-bond donors (Lipinski definition) is 1. The number of nitrogens with zero attached hydrogens (tertiary/aromatic N) is 1. The molecule has 8 nitrogen and oxygen atoms in total. The zero-order chi connectivity index (χ0) is 21.7. The summed E-state index contributed by atoms with van der Waals surface area (Å²) >= 11 is 0.715. The van der Waals surface area contributed by atoms with E-state index in [1.54, 1.807) is 55.5 Å². The lowest BCUT2D eigenvalue weighted by molar-refractivity contribution is -0.127. The number of carbonyl (C=O) groups is 4. The fraction of sp³-hybridized carbons (Fsp3) is 0.143. The highest BCUT2D eigenvalue weighted by atomic mass is 32.2. The number of rotatable bonds is 7. The molecule has 154 valence electrons. The Balaban J connectivity index is 1.84. The SMILES string of the molecule is CCOc1cc(/C=C2\SC(=O)N(CC(N)=O)C2=O)ccc1OC(=O)c1ccccc1. The van der Waals surface area contributed by atoms with Crippen LogP contribution in [0.2, 0.25) is 0 Å². The van der Waals surface area contributed by atoms with E-state index in [-0.39, 0.29) is 10.7 Å². The van der Waals surface area contributed by atoms with Crippen LogP contribution >= 0.6 is 11.8 Å². The van der Waals surface area contributed by atoms with Crippen LogP contribution in [0.4, 0.5) is 4.79 Å². The Kier molecular flexibility index (Phi) is 6.53. The van der Waals surface area contributed by atoms with Gasteiger partial charge in [0, 0.05) is 0 Å². The van der Waals surface area contributed by atoms with Crippen LogP contribution in [-0.2, 0) is 9.59 Å². The zero-order valence-electron chi connectivity index (χ0n) is 16.0. The predicted octanol–water partition coefficient (Wildman–Crippen LogP) is 2.83. The summed E-state index contributed by atoms with van der Waals surface area (Å²) in [4.78, 5) is 48.6. The van der Waals surface area contributed by atoms with Crippen molar-refractivity contribution in [3.63, 3.8) is 0 Å². The molecule has 2 N–H and O–H groups in total. The van der Waals surface area contributed by atoms with E-state index in [1.807, 2.05) is 0 Å². The van der Waals surface area contributed by atoms with E-state index in [0.717, 1.165) is 4.90 Å². The number of esters is 1. The highest BCUT2D eigenvalue weighted by molar-refractivity contribution is 8.18. The molecular formula is C21H18N2O6S. The molecule has 1 aliphatic heterocycles. The third-order valence-corrected chi connectivity index (χ3v) is 4.87. The second kappa shape index (κ2) is 9.27. The van der Waals surface area contributed by atoms with Gasteiger partial charge in [-0.2, -0.15) is 0 Å². The van der Waals surface area contributed by atoms with Crippen molar-refractivity contribution in [1.29, 1.82) is 0 Å². The summed E-state index contributed by atoms with van der Waals surface area (Å²) in [5.41, 5.74) is 6.03. The maximum Gasteiger partial charge on any atom is 0.343 e. The maximum absolute atomic E-state index is 12.3. The second-order valence-electron chi connectivity index (χ2n) is 6.13. The van der Waals surface area contributed by atoms with E-state index in [1.165, 1.54) is 6.08 Å². The summed E-state index contributed by atoms with van der Waals surface area (Å²) in [7, 11) is 0. The van der Waals surface area contributed by atoms with Crippen LogP contribution in [0.5, 0.6) is 11.5 Å². The van der Waals surface area contributed by atoms with Gasteiger partial charge in [-0.15, -0.1) is 0 Å². The molecule has 0 bridgehead atoms. The fourth-order valence-electron chi connectivity index (χ4n) is 2.64. The van der Waals surface area contributed by atoms with Crippen molar-refractivity contribution in [3.05, 3.63) is 64.6 Å². The van der Waals surface area contributed by atoms with Crippen LogP contribution in [0.3, 0.4) is 0 Å². The highest BCUT2D eigenvalue weighted by Crippen LogP contribution is 2.34. The van der Waals surface area contributed by atoms with Crippen molar-refractivity contribution in [3.8, 4) is 11.5 Å². The molecular weight excluding hydrogens is 408 g/mol. The van der Waals surface area contributed by atoms with Gasteiger partial charge in [-0.05, 0) is 54.6 Å². The molecule has 0 aromatic heterocycles. The van der Waals surface area contributed by atoms with E-state index in [9.17, 15) is 19.2 Å². The summed E-state index contributed by atoms with van der Waals surface area (Å²) in [6.07, 6.45) is 1.50. The minimum Gasteiger partial charge on any atom is -0.490 e. The highest BCUT2D eigenvalue weighted by Gasteiger charge is 2.35. The zero-order valence-corrected chi connectivity index (χ0v) is 16.8. The number of primary amides is 1. The molecule has 1 saturated heterocycles. The average molecular weight is 426 g/mol. The molecule has 0 spiro atoms. The average Bonchev–Trinajstić information content (AvgIpc) is 2.97. The molecule has 1 aliphatic rings. The molecule has 3 rings (SSSR count). The van der Waals surface area contributed by atoms with Crippen LogP contribution < -0.4 is 15.2 Å². The minimum absolute atomic E-state index is 0.151. The lowest BCUT2D eigenvalue weighted by Gasteiger charge is -2.12. The van der Waals surface area contributed by atoms with Crippen molar-refractivity contribution in [2.75, 3.05) is 13.2 Å². The van der Waals surface area contributed by atoms with Gasteiger partial charge in [-0.25, -0.2) is 4.79 Å². The number of amides is 3. The first-order chi connectivity index (χ1) is 14.4. The topological polar surface area (TPSA) is 116 Å². The molecule has 1 fully saturated rings. The molecule has 0 radical (unpaired) electrons. The van der Waals surface area contributed by atoms with Gasteiger partial charge in [0.25, 0.3) is 11.1 Å². The van der Waals surface area contributed by atoms with Gasteiger partial charge in [0.1, 0.15) is 6.54 Å². The van der Waals surface area contributed by atoms with E-state index < -0.39 is 29.6 Å². The standard InChI is InChI=1S/C21H18N2O6S/c1-2-28-16-10-13(11-17-19(25)23(12-18(22)24)21(27)30-17)8-9-15(16)29-20(26)14-6-4-3-5-7-14/h3-11H,2,12H2,1H3,(H2,22,24)/b17-11-. The van der Waals surface area contributed by atoms with Crippen LogP contribution in [-0.4, -0.2) is 41.1 Å². The van der Waals surface area contributed by atoms with E-state index in [2.05, 4.69) is 0 Å². The van der Waals surface area contributed by atoms with Gasteiger partial charge >= 0.3 is 5.97 Å². The van der Waals surface area contributed by atoms with Crippen LogP contribution in [0.15, 0.2) is 53.4 Å². The first-order valence-electron chi connectivity index (χ1n) is 8.96. The molecule has 0 saturated carbocycles. The van der Waals surface area contributed by atoms with E-state index in [0.29, 0.717) is 35.2 Å². The van der Waals surface area contributed by atoms with Crippen molar-refractivity contribution in [2.24, 2.45) is 5.73 Å². The number of nitrogens with two attached hydrogens (primary N) is 1. The Morgan fingerprint density at radius 2 is 1.83 bits per heavy atom. The molecule has 0 aliphatic carbocycles. The molecule has 2 aromatic carbocycles. The van der Waals surface area contributed by atoms with E-state index in [4.69, 9.17) is 15.2 Å². The van der Waals surface area contributed by atoms with Crippen molar-refractivity contribution < 1.29 is 28.7 Å². The van der Waals surface area contributed by atoms with Crippen molar-refractivity contribution >= 4 is 40.9 Å². The van der Waals surface area contributed by atoms with Crippen LogP contribution in [0, 0.1) is 0 Å². The van der Waals surface area contributed by atoms with E-state index >= 15 is 0 Å². The molecule has 0 atom stereocenters. The number of thioether (sulfide) groups is 1. The van der Waals surface area contributed by atoms with Gasteiger partial charge in [0.2, 0.25) is 5.91 Å². The van der Waals surface area contributed by atoms with Crippen molar-refractivity contribution in [2.45, 2.75) is 6.92 Å². The van der Waals surface area contributed by atoms with Gasteiger partial charge in [0.05, 0.1) is 17.1 Å². The Hall–Kier alpha value is -3.59. The van der Waals surface area contributed by atoms with Gasteiger partial charge < -0.3 is 15.2 Å². The summed E-state index contributed by atoms with van der Waals surface area (Å²) in [6, 6.07) is 13.3. The summed E-state index contributed by atoms with van der Waals surface area (Å²) < 4.78 is 11.0. The van der Waals surface area contributed by atoms with Crippen LogP contribution in [0.1, 0.15) is 22.8 Å². The summed E-state index contributed by atoms with van der Waals surface area (Å²) in [5, 5.41) is -0.566. The third-order valence-electron chi connectivity index (χ3n) is 3.97. The first-order valence-corrected chi connectivity index (χ1v) is 9.78. The Morgan fingerprint density at radius 1 is 1.10 bits per heavy atom. The first kappa shape index (κ1) is 21.1. The molecule has 9 heteroatoms. The Morgan fingerprint density at radius 3 is 2.50 bits per heavy atom. The predicted molar refractivity (Wildman–Crippen MR) is 111 cm³/mol.